The number of carbonyl (C=O) groups is 3. The molecule has 0 aromatic heterocycles. The Morgan fingerprint density at radius 1 is 0.917 bits per heavy atom. The van der Waals surface area contributed by atoms with Gasteiger partial charge in [0.25, 0.3) is 5.91 Å². The van der Waals surface area contributed by atoms with Crippen LogP contribution in [-0.4, -0.2) is 30.9 Å². The monoisotopic (exact) mass is 486 g/mol. The van der Waals surface area contributed by atoms with Crippen LogP contribution >= 0.6 is 0 Å². The Labute approximate surface area is 211 Å². The molecule has 1 aliphatic heterocycles. The fourth-order valence-electron chi connectivity index (χ4n) is 3.94. The van der Waals surface area contributed by atoms with Crippen LogP contribution in [0.15, 0.2) is 78.9 Å². The molecule has 1 N–H and O–H groups in total. The van der Waals surface area contributed by atoms with E-state index in [-0.39, 0.29) is 24.3 Å². The van der Waals surface area contributed by atoms with Crippen LogP contribution in [0.3, 0.4) is 0 Å². The van der Waals surface area contributed by atoms with Crippen LogP contribution < -0.4 is 15.0 Å². The van der Waals surface area contributed by atoms with Gasteiger partial charge >= 0.3 is 5.97 Å². The smallest absolute Gasteiger partial charge is 0.311 e. The summed E-state index contributed by atoms with van der Waals surface area (Å²) in [6.07, 6.45) is 0.0392. The number of hydrogen-bond donors (Lipinski definition) is 1. The van der Waals surface area contributed by atoms with Crippen LogP contribution in [0.5, 0.6) is 11.5 Å². The molecular formula is C29H30N2O5. The Morgan fingerprint density at radius 2 is 1.53 bits per heavy atom. The maximum atomic E-state index is 12.6. The summed E-state index contributed by atoms with van der Waals surface area (Å²) < 4.78 is 11.1. The van der Waals surface area contributed by atoms with E-state index in [9.17, 15) is 14.4 Å². The molecule has 7 heteroatoms. The van der Waals surface area contributed by atoms with E-state index < -0.39 is 24.4 Å². The lowest BCUT2D eigenvalue weighted by molar-refractivity contribution is -0.151. The lowest BCUT2D eigenvalue weighted by Gasteiger charge is -2.19. The third kappa shape index (κ3) is 6.30. The Balaban J connectivity index is 1.29. The fourth-order valence-corrected chi connectivity index (χ4v) is 3.94. The maximum absolute atomic E-state index is 12.6. The van der Waals surface area contributed by atoms with Gasteiger partial charge in [0, 0.05) is 24.3 Å². The molecular weight excluding hydrogens is 456 g/mol. The SMILES string of the molecule is CC(C)(C)c1ccc(Oc2ccc(N3C[C@H](C(=O)OCC(=O)Nc4ccccc4)CC3=O)cc2)cc1. The number of hydrogen-bond acceptors (Lipinski definition) is 5. The summed E-state index contributed by atoms with van der Waals surface area (Å²) in [6.45, 7) is 6.28. The number of benzene rings is 3. The number of para-hydroxylation sites is 1. The van der Waals surface area contributed by atoms with Gasteiger partial charge in [-0.15, -0.1) is 0 Å². The van der Waals surface area contributed by atoms with Gasteiger partial charge in [-0.2, -0.15) is 0 Å². The van der Waals surface area contributed by atoms with E-state index in [1.165, 1.54) is 5.56 Å². The lowest BCUT2D eigenvalue weighted by Crippen LogP contribution is -2.28. The average Bonchev–Trinajstić information content (AvgIpc) is 3.25. The van der Waals surface area contributed by atoms with E-state index in [0.29, 0.717) is 17.1 Å². The molecule has 0 spiro atoms. The van der Waals surface area contributed by atoms with Crippen molar-refractivity contribution in [1.29, 1.82) is 0 Å². The van der Waals surface area contributed by atoms with E-state index in [1.54, 1.807) is 53.4 Å². The van der Waals surface area contributed by atoms with Crippen LogP contribution in [0.2, 0.25) is 0 Å². The molecule has 1 aliphatic rings. The minimum atomic E-state index is -0.626. The minimum absolute atomic E-state index is 0.0392. The Kier molecular flexibility index (Phi) is 7.38. The number of nitrogens with one attached hydrogen (secondary N) is 1. The molecule has 1 fully saturated rings. The summed E-state index contributed by atoms with van der Waals surface area (Å²) in [4.78, 5) is 38.6. The van der Waals surface area contributed by atoms with Crippen LogP contribution in [0.4, 0.5) is 11.4 Å². The Hall–Kier alpha value is -4.13. The van der Waals surface area contributed by atoms with Crippen molar-refractivity contribution in [2.75, 3.05) is 23.4 Å². The molecule has 1 atom stereocenters. The van der Waals surface area contributed by atoms with Crippen LogP contribution in [-0.2, 0) is 24.5 Å². The molecule has 0 unspecified atom stereocenters. The van der Waals surface area contributed by atoms with Gasteiger partial charge in [0.2, 0.25) is 5.91 Å². The first-order valence-corrected chi connectivity index (χ1v) is 11.9. The summed E-state index contributed by atoms with van der Waals surface area (Å²) in [6, 6.07) is 24.1. The zero-order chi connectivity index (χ0) is 25.7. The fraction of sp³-hybridized carbons (Fsp3) is 0.276. The molecule has 1 heterocycles. The minimum Gasteiger partial charge on any atom is -0.457 e. The Morgan fingerprint density at radius 3 is 2.14 bits per heavy atom. The highest BCUT2D eigenvalue weighted by Gasteiger charge is 2.36. The molecule has 1 saturated heterocycles. The first-order valence-electron chi connectivity index (χ1n) is 11.9. The number of anilines is 2. The molecule has 4 rings (SSSR count). The van der Waals surface area contributed by atoms with Crippen molar-refractivity contribution in [3.8, 4) is 11.5 Å². The van der Waals surface area contributed by atoms with Crippen molar-refractivity contribution in [2.45, 2.75) is 32.6 Å². The van der Waals surface area contributed by atoms with Gasteiger partial charge < -0.3 is 19.7 Å². The zero-order valence-electron chi connectivity index (χ0n) is 20.7. The predicted molar refractivity (Wildman–Crippen MR) is 138 cm³/mol. The largest absolute Gasteiger partial charge is 0.457 e. The molecule has 0 aliphatic carbocycles. The molecule has 186 valence electrons. The number of amides is 2. The second-order valence-corrected chi connectivity index (χ2v) is 9.80. The lowest BCUT2D eigenvalue weighted by atomic mass is 9.87. The van der Waals surface area contributed by atoms with E-state index in [2.05, 4.69) is 38.2 Å². The second-order valence-electron chi connectivity index (χ2n) is 9.80. The molecule has 0 bridgehead atoms. The van der Waals surface area contributed by atoms with Crippen molar-refractivity contribution in [2.24, 2.45) is 5.92 Å². The van der Waals surface area contributed by atoms with Gasteiger partial charge in [-0.1, -0.05) is 51.1 Å². The molecule has 36 heavy (non-hydrogen) atoms. The van der Waals surface area contributed by atoms with E-state index in [4.69, 9.17) is 9.47 Å². The number of nitrogens with zero attached hydrogens (tertiary/aromatic N) is 1. The van der Waals surface area contributed by atoms with E-state index >= 15 is 0 Å². The van der Waals surface area contributed by atoms with Gasteiger partial charge in [0.1, 0.15) is 11.5 Å². The third-order valence-corrected chi connectivity index (χ3v) is 5.97. The van der Waals surface area contributed by atoms with Gasteiger partial charge in [-0.05, 0) is 59.5 Å². The highest BCUT2D eigenvalue weighted by molar-refractivity contribution is 6.00. The van der Waals surface area contributed by atoms with Crippen LogP contribution in [0.1, 0.15) is 32.8 Å². The quantitative estimate of drug-likeness (QED) is 0.458. The second kappa shape index (κ2) is 10.6. The first kappa shape index (κ1) is 25.0. The van der Waals surface area contributed by atoms with Crippen molar-refractivity contribution >= 4 is 29.2 Å². The number of carbonyl (C=O) groups excluding carboxylic acids is 3. The van der Waals surface area contributed by atoms with Crippen molar-refractivity contribution in [3.63, 3.8) is 0 Å². The molecule has 0 saturated carbocycles. The zero-order valence-corrected chi connectivity index (χ0v) is 20.7. The predicted octanol–water partition coefficient (Wildman–Crippen LogP) is 5.31. The molecule has 2 amide bonds. The Bertz CT molecular complexity index is 1220. The molecule has 3 aromatic rings. The number of esters is 1. The summed E-state index contributed by atoms with van der Waals surface area (Å²) in [5.74, 6) is -0.412. The van der Waals surface area contributed by atoms with E-state index in [1.807, 2.05) is 18.2 Å². The average molecular weight is 487 g/mol. The van der Waals surface area contributed by atoms with Gasteiger partial charge in [0.05, 0.1) is 5.92 Å². The highest BCUT2D eigenvalue weighted by Crippen LogP contribution is 2.30. The van der Waals surface area contributed by atoms with Crippen molar-refractivity contribution in [1.82, 2.24) is 0 Å². The summed E-state index contributed by atoms with van der Waals surface area (Å²) in [5.41, 5.74) is 2.59. The summed E-state index contributed by atoms with van der Waals surface area (Å²) in [5, 5.41) is 2.66. The summed E-state index contributed by atoms with van der Waals surface area (Å²) >= 11 is 0. The standard InChI is InChI=1S/C29H30N2O5/c1-29(2,3)21-9-13-24(14-10-21)36-25-15-11-23(12-16-25)31-18-20(17-27(31)33)28(34)35-19-26(32)30-22-7-5-4-6-8-22/h4-16,20H,17-19H2,1-3H3,(H,30,32)/t20-/m1/s1. The summed E-state index contributed by atoms with van der Waals surface area (Å²) in [7, 11) is 0. The third-order valence-electron chi connectivity index (χ3n) is 5.97. The van der Waals surface area contributed by atoms with Gasteiger partial charge in [-0.25, -0.2) is 0 Å². The molecule has 0 radical (unpaired) electrons. The number of ether oxygens (including phenoxy) is 2. The van der Waals surface area contributed by atoms with Gasteiger partial charge in [-0.3, -0.25) is 14.4 Å². The van der Waals surface area contributed by atoms with E-state index in [0.717, 1.165) is 5.75 Å². The van der Waals surface area contributed by atoms with Crippen molar-refractivity contribution < 1.29 is 23.9 Å². The van der Waals surface area contributed by atoms with Gasteiger partial charge in [0.15, 0.2) is 6.61 Å². The topological polar surface area (TPSA) is 84.9 Å². The van der Waals surface area contributed by atoms with Crippen molar-refractivity contribution in [3.05, 3.63) is 84.4 Å². The number of rotatable bonds is 7. The highest BCUT2D eigenvalue weighted by atomic mass is 16.5. The maximum Gasteiger partial charge on any atom is 0.311 e. The van der Waals surface area contributed by atoms with Crippen LogP contribution in [0.25, 0.3) is 0 Å². The van der Waals surface area contributed by atoms with Crippen LogP contribution in [0, 0.1) is 5.92 Å². The normalized spacial score (nSPS) is 15.5. The molecule has 7 nitrogen and oxygen atoms in total. The first-order chi connectivity index (χ1) is 17.2. The molecule has 3 aromatic carbocycles.